The van der Waals surface area contributed by atoms with Crippen molar-refractivity contribution in [3.63, 3.8) is 0 Å². The van der Waals surface area contributed by atoms with E-state index in [0.29, 0.717) is 11.3 Å². The van der Waals surface area contributed by atoms with Gasteiger partial charge in [-0.1, -0.05) is 24.3 Å². The molecule has 0 spiro atoms. The Hall–Kier alpha value is -2.66. The summed E-state index contributed by atoms with van der Waals surface area (Å²) in [6.07, 6.45) is -3.02. The predicted octanol–water partition coefficient (Wildman–Crippen LogP) is 2.44. The second-order valence-electron chi connectivity index (χ2n) is 4.44. The number of anilines is 1. The van der Waals surface area contributed by atoms with Crippen molar-refractivity contribution >= 4 is 5.95 Å². The molecule has 22 heavy (non-hydrogen) atoms. The molecule has 0 fully saturated rings. The zero-order valence-corrected chi connectivity index (χ0v) is 11.3. The average Bonchev–Trinajstić information content (AvgIpc) is 2.47. The van der Waals surface area contributed by atoms with Crippen molar-refractivity contribution in [3.05, 3.63) is 42.1 Å². The number of halogens is 3. The Morgan fingerprint density at radius 1 is 1.23 bits per heavy atom. The monoisotopic (exact) mass is 307 g/mol. The van der Waals surface area contributed by atoms with Gasteiger partial charge >= 0.3 is 6.18 Å². The van der Waals surface area contributed by atoms with Crippen LogP contribution in [0.4, 0.5) is 19.1 Å². The third-order valence-corrected chi connectivity index (χ3v) is 2.93. The van der Waals surface area contributed by atoms with Crippen molar-refractivity contribution in [1.82, 2.24) is 15.3 Å². The molecule has 1 aromatic heterocycles. The van der Waals surface area contributed by atoms with Gasteiger partial charge in [0, 0.05) is 11.8 Å². The van der Waals surface area contributed by atoms with E-state index >= 15 is 0 Å². The first-order chi connectivity index (χ1) is 10.4. The highest BCUT2D eigenvalue weighted by molar-refractivity contribution is 5.60. The maximum atomic E-state index is 13.0. The number of benzene rings is 1. The molecular formula is C14H12F3N5. The van der Waals surface area contributed by atoms with Crippen LogP contribution in [0.25, 0.3) is 11.3 Å². The number of nitrogens with zero attached hydrogens (tertiary/aromatic N) is 3. The summed E-state index contributed by atoms with van der Waals surface area (Å²) >= 11 is 0. The summed E-state index contributed by atoms with van der Waals surface area (Å²) in [5.41, 5.74) is 6.64. The fourth-order valence-corrected chi connectivity index (χ4v) is 1.95. The van der Waals surface area contributed by atoms with Gasteiger partial charge in [-0.15, -0.1) is 0 Å². The number of nitrogens with two attached hydrogens (primary N) is 1. The number of nitriles is 1. The van der Waals surface area contributed by atoms with E-state index < -0.39 is 18.8 Å². The normalized spacial score (nSPS) is 12.6. The molecule has 1 atom stereocenters. The minimum atomic E-state index is -4.49. The minimum Gasteiger partial charge on any atom is -0.368 e. The lowest BCUT2D eigenvalue weighted by atomic mass is 10.0. The van der Waals surface area contributed by atoms with Gasteiger partial charge in [-0.2, -0.15) is 18.4 Å². The van der Waals surface area contributed by atoms with Crippen LogP contribution in [0.15, 0.2) is 36.5 Å². The average molecular weight is 307 g/mol. The molecular weight excluding hydrogens is 295 g/mol. The Labute approximate surface area is 124 Å². The molecule has 114 valence electrons. The van der Waals surface area contributed by atoms with Gasteiger partial charge in [-0.25, -0.2) is 9.97 Å². The number of hydrogen-bond acceptors (Lipinski definition) is 5. The first-order valence-electron chi connectivity index (χ1n) is 6.27. The largest absolute Gasteiger partial charge is 0.407 e. The summed E-state index contributed by atoms with van der Waals surface area (Å²) < 4.78 is 39.0. The number of rotatable bonds is 4. The second kappa shape index (κ2) is 6.41. The Morgan fingerprint density at radius 3 is 2.45 bits per heavy atom. The van der Waals surface area contributed by atoms with Crippen molar-refractivity contribution < 1.29 is 13.2 Å². The molecule has 0 aliphatic heterocycles. The van der Waals surface area contributed by atoms with Crippen LogP contribution in [0.3, 0.4) is 0 Å². The van der Waals surface area contributed by atoms with E-state index in [-0.39, 0.29) is 11.5 Å². The molecule has 0 saturated carbocycles. The number of nitrogens with one attached hydrogen (secondary N) is 1. The Morgan fingerprint density at radius 2 is 1.91 bits per heavy atom. The van der Waals surface area contributed by atoms with E-state index in [1.54, 1.807) is 12.1 Å². The standard InChI is InChI=1S/C14H12F3N5/c15-14(16,17)12(20-8-6-18)10-3-1-9(2-4-10)11-5-7-21-13(19)22-11/h1-5,7,12,20H,8H2,(H2,19,21,22). The van der Waals surface area contributed by atoms with Crippen molar-refractivity contribution in [2.45, 2.75) is 12.2 Å². The molecule has 0 radical (unpaired) electrons. The van der Waals surface area contributed by atoms with Crippen LogP contribution in [0.5, 0.6) is 0 Å². The smallest absolute Gasteiger partial charge is 0.368 e. The highest BCUT2D eigenvalue weighted by Gasteiger charge is 2.40. The maximum Gasteiger partial charge on any atom is 0.407 e. The number of aromatic nitrogens is 2. The van der Waals surface area contributed by atoms with E-state index in [4.69, 9.17) is 11.0 Å². The van der Waals surface area contributed by atoms with Crippen LogP contribution in [0.1, 0.15) is 11.6 Å². The topological polar surface area (TPSA) is 87.6 Å². The summed E-state index contributed by atoms with van der Waals surface area (Å²) in [6.45, 7) is -0.394. The van der Waals surface area contributed by atoms with Crippen LogP contribution < -0.4 is 11.1 Å². The molecule has 1 aromatic carbocycles. The Bertz CT molecular complexity index is 676. The van der Waals surface area contributed by atoms with Gasteiger partial charge in [0.15, 0.2) is 0 Å². The summed E-state index contributed by atoms with van der Waals surface area (Å²) in [4.78, 5) is 7.76. The molecule has 5 nitrogen and oxygen atoms in total. The number of hydrogen-bond donors (Lipinski definition) is 2. The second-order valence-corrected chi connectivity index (χ2v) is 4.44. The number of alkyl halides is 3. The molecule has 0 aliphatic rings. The summed E-state index contributed by atoms with van der Waals surface area (Å²) in [5, 5.41) is 10.6. The summed E-state index contributed by atoms with van der Waals surface area (Å²) in [7, 11) is 0. The van der Waals surface area contributed by atoms with Crippen LogP contribution in [-0.2, 0) is 0 Å². The van der Waals surface area contributed by atoms with E-state index in [0.717, 1.165) is 0 Å². The molecule has 0 aliphatic carbocycles. The Balaban J connectivity index is 2.28. The molecule has 0 saturated heterocycles. The first-order valence-corrected chi connectivity index (χ1v) is 6.27. The van der Waals surface area contributed by atoms with Crippen LogP contribution in [0.2, 0.25) is 0 Å². The lowest BCUT2D eigenvalue weighted by molar-refractivity contribution is -0.157. The van der Waals surface area contributed by atoms with Gasteiger partial charge in [0.25, 0.3) is 0 Å². The van der Waals surface area contributed by atoms with Crippen LogP contribution in [0, 0.1) is 11.3 Å². The highest BCUT2D eigenvalue weighted by atomic mass is 19.4. The van der Waals surface area contributed by atoms with Gasteiger partial charge in [-0.3, -0.25) is 5.32 Å². The van der Waals surface area contributed by atoms with Crippen molar-refractivity contribution in [1.29, 1.82) is 5.26 Å². The van der Waals surface area contributed by atoms with E-state index in [2.05, 4.69) is 15.3 Å². The number of nitrogen functional groups attached to an aromatic ring is 1. The van der Waals surface area contributed by atoms with E-state index in [1.807, 2.05) is 0 Å². The molecule has 1 unspecified atom stereocenters. The quantitative estimate of drug-likeness (QED) is 0.847. The van der Waals surface area contributed by atoms with Gasteiger partial charge in [0.05, 0.1) is 18.3 Å². The third kappa shape index (κ3) is 3.71. The third-order valence-electron chi connectivity index (χ3n) is 2.93. The van der Waals surface area contributed by atoms with E-state index in [9.17, 15) is 13.2 Å². The molecule has 0 amide bonds. The van der Waals surface area contributed by atoms with Crippen LogP contribution in [-0.4, -0.2) is 22.7 Å². The lowest BCUT2D eigenvalue weighted by Gasteiger charge is -2.21. The predicted molar refractivity (Wildman–Crippen MR) is 74.3 cm³/mol. The molecule has 2 aromatic rings. The summed E-state index contributed by atoms with van der Waals surface area (Å²) in [6, 6.07) is 7.08. The van der Waals surface area contributed by atoms with Gasteiger partial charge in [-0.05, 0) is 11.6 Å². The fourth-order valence-electron chi connectivity index (χ4n) is 1.95. The SMILES string of the molecule is N#CCNC(c1ccc(-c2ccnc(N)n2)cc1)C(F)(F)F. The zero-order valence-electron chi connectivity index (χ0n) is 11.3. The lowest BCUT2D eigenvalue weighted by Crippen LogP contribution is -2.34. The molecule has 8 heteroatoms. The van der Waals surface area contributed by atoms with Crippen molar-refractivity contribution in [2.24, 2.45) is 0 Å². The van der Waals surface area contributed by atoms with E-state index in [1.165, 1.54) is 30.5 Å². The molecule has 3 N–H and O–H groups in total. The maximum absolute atomic E-state index is 13.0. The molecule has 0 bridgehead atoms. The van der Waals surface area contributed by atoms with Crippen LogP contribution >= 0.6 is 0 Å². The zero-order chi connectivity index (χ0) is 16.2. The minimum absolute atomic E-state index is 0.0218. The Kier molecular flexibility index (Phi) is 4.58. The molecule has 2 rings (SSSR count). The van der Waals surface area contributed by atoms with Gasteiger partial charge in [0.1, 0.15) is 6.04 Å². The van der Waals surface area contributed by atoms with Gasteiger partial charge < -0.3 is 5.73 Å². The molecule has 1 heterocycles. The van der Waals surface area contributed by atoms with Gasteiger partial charge in [0.2, 0.25) is 5.95 Å². The fraction of sp³-hybridized carbons (Fsp3) is 0.214. The first kappa shape index (κ1) is 15.7. The summed E-state index contributed by atoms with van der Waals surface area (Å²) in [5.74, 6) is 0.0884. The van der Waals surface area contributed by atoms with Crippen molar-refractivity contribution in [3.8, 4) is 17.3 Å². The van der Waals surface area contributed by atoms with Crippen molar-refractivity contribution in [2.75, 3.05) is 12.3 Å². The highest BCUT2D eigenvalue weighted by Crippen LogP contribution is 2.33.